The van der Waals surface area contributed by atoms with Gasteiger partial charge in [-0.3, -0.25) is 0 Å². The quantitative estimate of drug-likeness (QED) is 0.568. The van der Waals surface area contributed by atoms with Gasteiger partial charge in [0, 0.05) is 0 Å². The van der Waals surface area contributed by atoms with E-state index in [1.54, 1.807) is 0 Å². The van der Waals surface area contributed by atoms with Gasteiger partial charge in [-0.1, -0.05) is 70.5 Å². The predicted octanol–water partition coefficient (Wildman–Crippen LogP) is 4.64. The van der Waals surface area contributed by atoms with Crippen molar-refractivity contribution in [3.63, 3.8) is 0 Å². The molecule has 0 aliphatic rings. The Morgan fingerprint density at radius 2 is 1.43 bits per heavy atom. The molecule has 0 atom stereocenters. The normalized spacial score (nSPS) is 13.7. The number of hydrogen-bond acceptors (Lipinski definition) is 4. The molecule has 0 saturated heterocycles. The number of rotatable bonds is 4. The van der Waals surface area contributed by atoms with Crippen molar-refractivity contribution >= 4 is 53.4 Å². The van der Waals surface area contributed by atoms with Gasteiger partial charge in [0.15, 0.2) is 19.0 Å². The van der Waals surface area contributed by atoms with Crippen LogP contribution in [-0.2, 0) is 0 Å². The molecule has 0 spiro atoms. The number of halogens is 1. The summed E-state index contributed by atoms with van der Waals surface area (Å²) in [6.45, 7) is 20.8. The lowest BCUT2D eigenvalue weighted by atomic mass is 10.5. The van der Waals surface area contributed by atoms with E-state index in [0.29, 0.717) is 10.7 Å². The number of anilines is 1. The zero-order valence-electron chi connectivity index (χ0n) is 15.7. The summed E-state index contributed by atoms with van der Waals surface area (Å²) in [7, 11) is -4.85. The highest BCUT2D eigenvalue weighted by Crippen LogP contribution is 2.30. The van der Waals surface area contributed by atoms with Crippen LogP contribution >= 0.6 is 11.6 Å². The van der Waals surface area contributed by atoms with E-state index in [2.05, 4.69) is 77.4 Å². The second kappa shape index (κ2) is 5.68. The molecule has 0 aromatic carbocycles. The summed E-state index contributed by atoms with van der Waals surface area (Å²) in [5, 5.41) is 0.462. The average molecular weight is 386 g/mol. The molecule has 0 aliphatic carbocycles. The molecule has 0 radical (unpaired) electrons. The number of aromatic nitrogens is 4. The zero-order chi connectivity index (χ0) is 17.8. The van der Waals surface area contributed by atoms with Crippen LogP contribution in [0.5, 0.6) is 0 Å². The van der Waals surface area contributed by atoms with Crippen molar-refractivity contribution in [2.24, 2.45) is 0 Å². The first-order chi connectivity index (χ1) is 10.2. The highest BCUT2D eigenvalue weighted by molar-refractivity contribution is 6.99. The monoisotopic (exact) mass is 385 g/mol. The van der Waals surface area contributed by atoms with Crippen molar-refractivity contribution < 1.29 is 0 Å². The molecular formula is C14H28ClN5Si3. The highest BCUT2D eigenvalue weighted by atomic mass is 35.5. The van der Waals surface area contributed by atoms with Crippen LogP contribution in [0.3, 0.4) is 0 Å². The number of fused-ring (bicyclic) bond motifs is 1. The Labute approximate surface area is 147 Å². The van der Waals surface area contributed by atoms with E-state index in [4.69, 9.17) is 16.6 Å². The Bertz CT molecular complexity index is 711. The number of imidazole rings is 1. The smallest absolute Gasteiger partial charge is 0.212 e. The summed E-state index contributed by atoms with van der Waals surface area (Å²) in [6.07, 6.45) is 1.87. The molecule has 23 heavy (non-hydrogen) atoms. The van der Waals surface area contributed by atoms with Gasteiger partial charge >= 0.3 is 0 Å². The lowest BCUT2D eigenvalue weighted by Crippen LogP contribution is -2.60. The first-order valence-corrected chi connectivity index (χ1v) is 18.7. The molecule has 0 saturated carbocycles. The van der Waals surface area contributed by atoms with E-state index in [-0.39, 0.29) is 0 Å². The standard InChI is InChI=1S/C14H28ClN5Si3/c1-21(2,3)19-10-16-11-12(15)17-14(18-13(11)19)20(22(4,5)6)23(7,8)9/h10H,1-9H3. The molecule has 0 aliphatic heterocycles. The van der Waals surface area contributed by atoms with Crippen molar-refractivity contribution in [3.8, 4) is 0 Å². The Balaban J connectivity index is 2.75. The number of hydrogen-bond donors (Lipinski definition) is 0. The minimum Gasteiger partial charge on any atom is -0.394 e. The van der Waals surface area contributed by atoms with Crippen LogP contribution in [0.1, 0.15) is 0 Å². The molecule has 9 heteroatoms. The maximum Gasteiger partial charge on any atom is 0.212 e. The topological polar surface area (TPSA) is 46.8 Å². The van der Waals surface area contributed by atoms with Gasteiger partial charge in [0.05, 0.1) is 6.33 Å². The molecular weight excluding hydrogens is 358 g/mol. The lowest BCUT2D eigenvalue weighted by molar-refractivity contribution is 1.09. The molecule has 2 aromatic rings. The Hall–Kier alpha value is -0.709. The zero-order valence-corrected chi connectivity index (χ0v) is 19.4. The Morgan fingerprint density at radius 3 is 1.87 bits per heavy atom. The summed E-state index contributed by atoms with van der Waals surface area (Å²) in [5.74, 6) is 0.779. The van der Waals surface area contributed by atoms with Crippen molar-refractivity contribution in [2.75, 3.05) is 4.23 Å². The van der Waals surface area contributed by atoms with Gasteiger partial charge in [-0.05, 0) is 0 Å². The second-order valence-corrected chi connectivity index (χ2v) is 24.2. The van der Waals surface area contributed by atoms with Crippen molar-refractivity contribution in [2.45, 2.75) is 58.9 Å². The van der Waals surface area contributed by atoms with E-state index >= 15 is 0 Å². The Kier molecular flexibility index (Phi) is 4.60. The van der Waals surface area contributed by atoms with Crippen LogP contribution in [0.4, 0.5) is 5.95 Å². The molecule has 0 fully saturated rings. The summed E-state index contributed by atoms with van der Waals surface area (Å²) in [6, 6.07) is 0. The number of nitrogens with zero attached hydrogens (tertiary/aromatic N) is 5. The molecule has 128 valence electrons. The average Bonchev–Trinajstić information content (AvgIpc) is 2.68. The van der Waals surface area contributed by atoms with E-state index in [1.807, 2.05) is 6.33 Å². The molecule has 0 N–H and O–H groups in total. The van der Waals surface area contributed by atoms with Crippen LogP contribution in [0.25, 0.3) is 11.2 Å². The molecule has 2 rings (SSSR count). The summed E-state index contributed by atoms with van der Waals surface area (Å²) >= 11 is 6.46. The molecule has 2 heterocycles. The first-order valence-electron chi connectivity index (χ1n) is 7.94. The third-order valence-corrected chi connectivity index (χ3v) is 12.8. The van der Waals surface area contributed by atoms with Crippen molar-refractivity contribution in [3.05, 3.63) is 11.5 Å². The van der Waals surface area contributed by atoms with E-state index < -0.39 is 24.7 Å². The summed E-state index contributed by atoms with van der Waals surface area (Å²) < 4.78 is 4.71. The third kappa shape index (κ3) is 3.70. The van der Waals surface area contributed by atoms with Gasteiger partial charge in [-0.25, -0.2) is 4.98 Å². The SMILES string of the molecule is C[Si](C)(C)N(c1nc(Cl)c2ncn([Si](C)(C)C)c2n1)[Si](C)(C)C. The van der Waals surface area contributed by atoms with Gasteiger partial charge in [-0.15, -0.1) is 0 Å². The van der Waals surface area contributed by atoms with Crippen LogP contribution < -0.4 is 4.23 Å². The Morgan fingerprint density at radius 1 is 0.913 bits per heavy atom. The van der Waals surface area contributed by atoms with Gasteiger partial charge < -0.3 is 8.46 Å². The maximum absolute atomic E-state index is 6.46. The fraction of sp³-hybridized carbons (Fsp3) is 0.643. The maximum atomic E-state index is 6.46. The summed E-state index contributed by atoms with van der Waals surface area (Å²) in [4.78, 5) is 14.0. The molecule has 0 unspecified atom stereocenters. The molecule has 0 amide bonds. The predicted molar refractivity (Wildman–Crippen MR) is 108 cm³/mol. The van der Waals surface area contributed by atoms with Crippen molar-refractivity contribution in [1.82, 2.24) is 19.2 Å². The van der Waals surface area contributed by atoms with Crippen LogP contribution in [0.2, 0.25) is 64.1 Å². The van der Waals surface area contributed by atoms with E-state index in [0.717, 1.165) is 11.6 Å². The van der Waals surface area contributed by atoms with Crippen LogP contribution in [-0.4, -0.2) is 43.9 Å². The van der Waals surface area contributed by atoms with Crippen LogP contribution in [0, 0.1) is 0 Å². The van der Waals surface area contributed by atoms with Crippen LogP contribution in [0.15, 0.2) is 6.33 Å². The minimum atomic E-state index is -1.62. The first kappa shape index (κ1) is 18.6. The highest BCUT2D eigenvalue weighted by Gasteiger charge is 2.37. The molecule has 2 aromatic heterocycles. The van der Waals surface area contributed by atoms with E-state index in [1.165, 1.54) is 0 Å². The second-order valence-electron chi connectivity index (χ2n) is 8.95. The van der Waals surface area contributed by atoms with Gasteiger partial charge in [0.2, 0.25) is 5.95 Å². The lowest BCUT2D eigenvalue weighted by Gasteiger charge is -2.43. The van der Waals surface area contributed by atoms with Gasteiger partial charge in [0.1, 0.15) is 22.0 Å². The fourth-order valence-corrected chi connectivity index (χ4v) is 13.9. The molecule has 5 nitrogen and oxygen atoms in total. The largest absolute Gasteiger partial charge is 0.394 e. The minimum absolute atomic E-state index is 0.462. The van der Waals surface area contributed by atoms with Gasteiger partial charge in [0.25, 0.3) is 0 Å². The molecule has 0 bridgehead atoms. The van der Waals surface area contributed by atoms with Crippen molar-refractivity contribution in [1.29, 1.82) is 0 Å². The third-order valence-electron chi connectivity index (χ3n) is 3.61. The fourth-order valence-electron chi connectivity index (χ4n) is 3.05. The van der Waals surface area contributed by atoms with E-state index in [9.17, 15) is 0 Å². The summed E-state index contributed by atoms with van der Waals surface area (Å²) in [5.41, 5.74) is 1.59. The van der Waals surface area contributed by atoms with Gasteiger partial charge in [-0.2, -0.15) is 9.97 Å².